The lowest BCUT2D eigenvalue weighted by Gasteiger charge is -1.93. The minimum atomic E-state index is -0.795. The molecule has 0 atom stereocenters. The monoisotopic (exact) mass is 197 g/mol. The summed E-state index contributed by atoms with van der Waals surface area (Å²) in [6.07, 6.45) is 0. The Morgan fingerprint density at radius 3 is 2.36 bits per heavy atom. The molecule has 0 aliphatic heterocycles. The van der Waals surface area contributed by atoms with E-state index in [0.29, 0.717) is 0 Å². The van der Waals surface area contributed by atoms with Crippen molar-refractivity contribution >= 4 is 17.4 Å². The highest BCUT2D eigenvalue weighted by Crippen LogP contribution is 2.19. The first-order valence-electron chi connectivity index (χ1n) is 3.36. The first kappa shape index (κ1) is 9.64. The molecular formula is C5H7N7O2. The molecule has 14 heavy (non-hydrogen) atoms. The summed E-state index contributed by atoms with van der Waals surface area (Å²) in [5.41, 5.74) is 8.99. The zero-order valence-corrected chi connectivity index (χ0v) is 6.87. The predicted octanol–water partition coefficient (Wildman–Crippen LogP) is -1.11. The van der Waals surface area contributed by atoms with E-state index < -0.39 is 22.3 Å². The van der Waals surface area contributed by atoms with Crippen LogP contribution in [0.4, 0.5) is 5.69 Å². The zero-order valence-electron chi connectivity index (χ0n) is 6.87. The number of rotatable bonds is 3. The third kappa shape index (κ3) is 1.37. The number of H-pyrrole nitrogens is 1. The van der Waals surface area contributed by atoms with Crippen molar-refractivity contribution < 1.29 is 4.92 Å². The normalized spacial score (nSPS) is 9.71. The number of hydrogen-bond acceptors (Lipinski definition) is 5. The van der Waals surface area contributed by atoms with Crippen LogP contribution in [-0.2, 0) is 0 Å². The van der Waals surface area contributed by atoms with E-state index in [2.05, 4.69) is 10.2 Å². The molecule has 1 aromatic heterocycles. The highest BCUT2D eigenvalue weighted by molar-refractivity contribution is 6.04. The molecule has 0 amide bonds. The molecule has 9 heteroatoms. The van der Waals surface area contributed by atoms with Crippen molar-refractivity contribution in [1.29, 1.82) is 10.8 Å². The number of nitro groups is 1. The van der Waals surface area contributed by atoms with Crippen molar-refractivity contribution in [3.05, 3.63) is 21.5 Å². The third-order valence-corrected chi connectivity index (χ3v) is 1.45. The molecular weight excluding hydrogens is 190 g/mol. The van der Waals surface area contributed by atoms with Crippen LogP contribution in [0.3, 0.4) is 0 Å². The second-order valence-electron chi connectivity index (χ2n) is 2.38. The molecule has 0 radical (unpaired) electrons. The Balaban J connectivity index is 3.42. The van der Waals surface area contributed by atoms with Crippen LogP contribution in [0.15, 0.2) is 0 Å². The molecule has 1 heterocycles. The Hall–Kier alpha value is -2.45. The van der Waals surface area contributed by atoms with E-state index in [9.17, 15) is 10.1 Å². The molecule has 1 aromatic rings. The first-order valence-corrected chi connectivity index (χ1v) is 3.36. The van der Waals surface area contributed by atoms with Crippen molar-refractivity contribution in [3.63, 3.8) is 0 Å². The summed E-state index contributed by atoms with van der Waals surface area (Å²) < 4.78 is 0. The highest BCUT2D eigenvalue weighted by atomic mass is 16.6. The number of aromatic amines is 1. The summed E-state index contributed by atoms with van der Waals surface area (Å²) in [6.45, 7) is 0. The Morgan fingerprint density at radius 2 is 2.00 bits per heavy atom. The average Bonchev–Trinajstić information content (AvgIpc) is 2.46. The number of hydrogen-bond donors (Lipinski definition) is 5. The van der Waals surface area contributed by atoms with Gasteiger partial charge in [0, 0.05) is 0 Å². The Labute approximate surface area is 77.3 Å². The fraction of sp³-hybridized carbons (Fsp3) is 0. The van der Waals surface area contributed by atoms with Crippen LogP contribution in [0.2, 0.25) is 0 Å². The molecule has 0 aliphatic carbocycles. The number of aromatic nitrogens is 2. The average molecular weight is 197 g/mol. The van der Waals surface area contributed by atoms with E-state index in [1.54, 1.807) is 0 Å². The summed E-state index contributed by atoms with van der Waals surface area (Å²) in [5, 5.41) is 30.2. The van der Waals surface area contributed by atoms with E-state index in [1.165, 1.54) is 0 Å². The molecule has 9 nitrogen and oxygen atoms in total. The molecule has 0 spiro atoms. The van der Waals surface area contributed by atoms with Crippen LogP contribution in [0.1, 0.15) is 11.4 Å². The summed E-state index contributed by atoms with van der Waals surface area (Å²) in [6, 6.07) is 0. The van der Waals surface area contributed by atoms with Gasteiger partial charge in [-0.1, -0.05) is 0 Å². The molecule has 7 N–H and O–H groups in total. The van der Waals surface area contributed by atoms with Gasteiger partial charge in [0.1, 0.15) is 5.84 Å². The van der Waals surface area contributed by atoms with E-state index in [4.69, 9.17) is 22.3 Å². The lowest BCUT2D eigenvalue weighted by Crippen LogP contribution is -2.16. The topological polar surface area (TPSA) is 172 Å². The highest BCUT2D eigenvalue weighted by Gasteiger charge is 2.27. The van der Waals surface area contributed by atoms with Crippen molar-refractivity contribution in [3.8, 4) is 0 Å². The molecule has 0 saturated heterocycles. The molecule has 0 unspecified atom stereocenters. The number of nitrogens with zero attached hydrogens (tertiary/aromatic N) is 2. The van der Waals surface area contributed by atoms with Crippen molar-refractivity contribution in [1.82, 2.24) is 10.2 Å². The van der Waals surface area contributed by atoms with Gasteiger partial charge in [-0.25, -0.2) is 0 Å². The Bertz CT molecular complexity index is 388. The van der Waals surface area contributed by atoms with Gasteiger partial charge in [-0.3, -0.25) is 26.0 Å². The summed E-state index contributed by atoms with van der Waals surface area (Å²) >= 11 is 0. The summed E-state index contributed by atoms with van der Waals surface area (Å²) in [4.78, 5) is 9.76. The number of amidine groups is 2. The minimum absolute atomic E-state index is 0.250. The number of nitrogens with two attached hydrogens (primary N) is 2. The third-order valence-electron chi connectivity index (χ3n) is 1.45. The molecule has 0 fully saturated rings. The van der Waals surface area contributed by atoms with Gasteiger partial charge < -0.3 is 11.5 Å². The van der Waals surface area contributed by atoms with Gasteiger partial charge >= 0.3 is 5.69 Å². The summed E-state index contributed by atoms with van der Waals surface area (Å²) in [7, 11) is 0. The SMILES string of the molecule is N=C(N)c1n[nH]c(C(=N)N)c1[N+](=O)[O-]. The van der Waals surface area contributed by atoms with Gasteiger partial charge in [0.05, 0.1) is 4.92 Å². The van der Waals surface area contributed by atoms with Crippen LogP contribution in [-0.4, -0.2) is 26.8 Å². The quantitative estimate of drug-likeness (QED) is 0.178. The second kappa shape index (κ2) is 3.12. The van der Waals surface area contributed by atoms with Gasteiger partial charge in [0.2, 0.25) is 5.69 Å². The van der Waals surface area contributed by atoms with Crippen LogP contribution >= 0.6 is 0 Å². The number of nitrogens with one attached hydrogen (secondary N) is 3. The van der Waals surface area contributed by atoms with Crippen molar-refractivity contribution in [2.45, 2.75) is 0 Å². The largest absolute Gasteiger partial charge is 0.382 e. The first-order chi connectivity index (χ1) is 6.45. The van der Waals surface area contributed by atoms with Crippen molar-refractivity contribution in [2.24, 2.45) is 11.5 Å². The Kier molecular flexibility index (Phi) is 2.15. The van der Waals surface area contributed by atoms with Crippen LogP contribution in [0, 0.1) is 20.9 Å². The predicted molar refractivity (Wildman–Crippen MR) is 47.3 cm³/mol. The van der Waals surface area contributed by atoms with Crippen LogP contribution in [0.25, 0.3) is 0 Å². The lowest BCUT2D eigenvalue weighted by atomic mass is 10.2. The van der Waals surface area contributed by atoms with Gasteiger partial charge in [0.25, 0.3) is 0 Å². The molecule has 0 saturated carbocycles. The van der Waals surface area contributed by atoms with Gasteiger partial charge in [-0.05, 0) is 0 Å². The molecule has 0 aliphatic rings. The fourth-order valence-corrected chi connectivity index (χ4v) is 0.889. The standard InChI is InChI=1S/C5H7N7O2/c6-4(7)1-3(12(13)14)2(5(8)9)11-10-1/h(H3,6,7)(H3,8,9)(H,10,11). The molecule has 0 bridgehead atoms. The van der Waals surface area contributed by atoms with Gasteiger partial charge in [-0.15, -0.1) is 0 Å². The molecule has 0 aromatic carbocycles. The van der Waals surface area contributed by atoms with Gasteiger partial charge in [-0.2, -0.15) is 5.10 Å². The zero-order chi connectivity index (χ0) is 10.9. The summed E-state index contributed by atoms with van der Waals surface area (Å²) in [5.74, 6) is -1.09. The van der Waals surface area contributed by atoms with Crippen LogP contribution in [0.5, 0.6) is 0 Å². The second-order valence-corrected chi connectivity index (χ2v) is 2.38. The lowest BCUT2D eigenvalue weighted by molar-refractivity contribution is -0.385. The van der Waals surface area contributed by atoms with E-state index in [1.807, 2.05) is 0 Å². The maximum atomic E-state index is 10.6. The van der Waals surface area contributed by atoms with E-state index in [-0.39, 0.29) is 11.4 Å². The van der Waals surface area contributed by atoms with Crippen LogP contribution < -0.4 is 11.5 Å². The Morgan fingerprint density at radius 1 is 1.43 bits per heavy atom. The number of nitrogen functional groups attached to an aromatic ring is 2. The smallest absolute Gasteiger partial charge is 0.328 e. The molecule has 1 rings (SSSR count). The van der Waals surface area contributed by atoms with Gasteiger partial charge in [0.15, 0.2) is 11.5 Å². The molecule has 74 valence electrons. The maximum Gasteiger partial charge on any atom is 0.328 e. The maximum absolute atomic E-state index is 10.6. The van der Waals surface area contributed by atoms with Crippen molar-refractivity contribution in [2.75, 3.05) is 0 Å². The van der Waals surface area contributed by atoms with E-state index >= 15 is 0 Å². The fourth-order valence-electron chi connectivity index (χ4n) is 0.889. The van der Waals surface area contributed by atoms with E-state index in [0.717, 1.165) is 0 Å². The minimum Gasteiger partial charge on any atom is -0.382 e.